The lowest BCUT2D eigenvalue weighted by molar-refractivity contribution is -0.138. The molecule has 1 saturated carbocycles. The van der Waals surface area contributed by atoms with E-state index in [0.717, 1.165) is 6.42 Å². The summed E-state index contributed by atoms with van der Waals surface area (Å²) in [4.78, 5) is 26.7. The van der Waals surface area contributed by atoms with Gasteiger partial charge in [0.2, 0.25) is 5.91 Å². The topological polar surface area (TPSA) is 81.1 Å². The van der Waals surface area contributed by atoms with E-state index in [1.165, 1.54) is 5.56 Å². The summed E-state index contributed by atoms with van der Waals surface area (Å²) in [5.74, 6) is -0.593. The number of benzene rings is 1. The molecule has 124 valence electrons. The number of aliphatic hydroxyl groups excluding tert-OH is 1. The number of carbonyl (C=O) groups is 2. The molecular weight excluding hydrogens is 296 g/mol. The molecule has 0 spiro atoms. The lowest BCUT2D eigenvalue weighted by Gasteiger charge is -2.24. The molecule has 3 rings (SSSR count). The van der Waals surface area contributed by atoms with Crippen molar-refractivity contribution in [2.75, 3.05) is 26.7 Å². The zero-order chi connectivity index (χ0) is 16.6. The molecule has 23 heavy (non-hydrogen) atoms. The average molecular weight is 318 g/mol. The van der Waals surface area contributed by atoms with Crippen LogP contribution < -0.4 is 0 Å². The maximum absolute atomic E-state index is 12.6. The smallest absolute Gasteiger partial charge is 0.317 e. The van der Waals surface area contributed by atoms with Crippen LogP contribution in [0.4, 0.5) is 0 Å². The van der Waals surface area contributed by atoms with E-state index in [4.69, 9.17) is 5.11 Å². The van der Waals surface area contributed by atoms with Crippen LogP contribution in [0.5, 0.6) is 0 Å². The minimum Gasteiger partial charge on any atom is -0.480 e. The number of hydrogen-bond acceptors (Lipinski definition) is 4. The van der Waals surface area contributed by atoms with Gasteiger partial charge in [0.05, 0.1) is 18.7 Å². The highest BCUT2D eigenvalue weighted by atomic mass is 16.4. The number of amides is 1. The zero-order valence-electron chi connectivity index (χ0n) is 13.1. The van der Waals surface area contributed by atoms with E-state index in [2.05, 4.69) is 0 Å². The van der Waals surface area contributed by atoms with Gasteiger partial charge in [-0.05, 0) is 24.9 Å². The summed E-state index contributed by atoms with van der Waals surface area (Å²) in [5, 5.41) is 19.0. The normalized spacial score (nSPS) is 29.8. The highest BCUT2D eigenvalue weighted by Crippen LogP contribution is 2.48. The van der Waals surface area contributed by atoms with Gasteiger partial charge >= 0.3 is 5.97 Å². The van der Waals surface area contributed by atoms with E-state index in [1.807, 2.05) is 30.3 Å². The zero-order valence-corrected chi connectivity index (χ0v) is 13.1. The number of β-amino-alcohol motifs (C(OH)–C–C–N with tert-alkyl or cyclic N) is 1. The molecule has 1 aliphatic carbocycles. The maximum atomic E-state index is 12.6. The first-order valence-electron chi connectivity index (χ1n) is 7.91. The largest absolute Gasteiger partial charge is 0.480 e. The Hall–Kier alpha value is -1.92. The number of rotatable bonds is 5. The molecule has 1 saturated heterocycles. The van der Waals surface area contributed by atoms with Crippen LogP contribution in [-0.2, 0) is 9.59 Å². The first kappa shape index (κ1) is 16.0. The predicted octanol–water partition coefficient (Wildman–Crippen LogP) is 0.378. The number of likely N-dealkylation sites (tertiary alicyclic amines) is 1. The number of hydrogen-bond donors (Lipinski definition) is 2. The Morgan fingerprint density at radius 3 is 2.61 bits per heavy atom. The first-order valence-corrected chi connectivity index (χ1v) is 7.91. The highest BCUT2D eigenvalue weighted by Gasteiger charge is 2.48. The van der Waals surface area contributed by atoms with Crippen LogP contribution in [-0.4, -0.2) is 70.7 Å². The molecule has 0 radical (unpaired) electrons. The van der Waals surface area contributed by atoms with E-state index in [-0.39, 0.29) is 36.9 Å². The fourth-order valence-corrected chi connectivity index (χ4v) is 3.48. The molecule has 1 aromatic rings. The Balaban J connectivity index is 1.59. The van der Waals surface area contributed by atoms with E-state index in [1.54, 1.807) is 16.8 Å². The fourth-order valence-electron chi connectivity index (χ4n) is 3.48. The fraction of sp³-hybridized carbons (Fsp3) is 0.529. The van der Waals surface area contributed by atoms with Gasteiger partial charge in [0.25, 0.3) is 0 Å². The molecule has 2 aliphatic rings. The molecule has 0 aromatic heterocycles. The number of aliphatic hydroxyl groups is 1. The molecule has 2 fully saturated rings. The number of aliphatic carboxylic acids is 1. The number of likely N-dealkylation sites (N-methyl/N-ethyl adjacent to an activating group) is 1. The predicted molar refractivity (Wildman–Crippen MR) is 83.9 cm³/mol. The Bertz CT molecular complexity index is 592. The molecule has 1 heterocycles. The minimum atomic E-state index is -0.934. The van der Waals surface area contributed by atoms with Gasteiger partial charge in [-0.3, -0.25) is 14.5 Å². The van der Waals surface area contributed by atoms with Gasteiger partial charge in [-0.2, -0.15) is 0 Å². The summed E-state index contributed by atoms with van der Waals surface area (Å²) in [6.45, 7) is 0.535. The van der Waals surface area contributed by atoms with Gasteiger partial charge in [-0.1, -0.05) is 30.3 Å². The third-order valence-corrected chi connectivity index (χ3v) is 4.86. The Labute approximate surface area is 135 Å². The summed E-state index contributed by atoms with van der Waals surface area (Å²) in [7, 11) is 1.67. The van der Waals surface area contributed by atoms with Crippen molar-refractivity contribution in [2.24, 2.45) is 5.92 Å². The van der Waals surface area contributed by atoms with Gasteiger partial charge < -0.3 is 15.1 Å². The van der Waals surface area contributed by atoms with Crippen molar-refractivity contribution >= 4 is 11.9 Å². The standard InChI is InChI=1S/C17H22N2O4/c1-18(10-16(21)22)14-8-19(9-15(14)20)17(23)13-7-12(13)11-5-3-2-4-6-11/h2-6,12-15,20H,7-10H2,1H3,(H,21,22)/t12?,13?,14?,15-/m1/s1. The van der Waals surface area contributed by atoms with Crippen LogP contribution in [0.1, 0.15) is 17.9 Å². The third kappa shape index (κ3) is 3.38. The molecule has 0 bridgehead atoms. The van der Waals surface area contributed by atoms with Crippen LogP contribution in [0.3, 0.4) is 0 Å². The average Bonchev–Trinajstić information content (AvgIpc) is 3.22. The number of carbonyl (C=O) groups excluding carboxylic acids is 1. The van der Waals surface area contributed by atoms with E-state index in [0.29, 0.717) is 6.54 Å². The number of carboxylic acids is 1. The second kappa shape index (κ2) is 6.29. The van der Waals surface area contributed by atoms with Crippen molar-refractivity contribution < 1.29 is 19.8 Å². The molecular formula is C17H22N2O4. The van der Waals surface area contributed by atoms with Crippen LogP contribution in [0.25, 0.3) is 0 Å². The van der Waals surface area contributed by atoms with Gasteiger partial charge in [0, 0.05) is 19.0 Å². The quantitative estimate of drug-likeness (QED) is 0.820. The van der Waals surface area contributed by atoms with Crippen LogP contribution in [0.2, 0.25) is 0 Å². The second-order valence-corrected chi connectivity index (χ2v) is 6.55. The molecule has 1 aromatic carbocycles. The summed E-state index contributed by atoms with van der Waals surface area (Å²) in [6, 6.07) is 9.68. The van der Waals surface area contributed by atoms with Crippen LogP contribution in [0.15, 0.2) is 30.3 Å². The molecule has 3 unspecified atom stereocenters. The molecule has 6 heteroatoms. The summed E-state index contributed by atoms with van der Waals surface area (Å²) >= 11 is 0. The molecule has 2 N–H and O–H groups in total. The second-order valence-electron chi connectivity index (χ2n) is 6.55. The van der Waals surface area contributed by atoms with Gasteiger partial charge in [0.15, 0.2) is 0 Å². The SMILES string of the molecule is CN(CC(=O)O)C1CN(C(=O)C2CC2c2ccccc2)C[C@H]1O. The summed E-state index contributed by atoms with van der Waals surface area (Å²) < 4.78 is 0. The molecule has 6 nitrogen and oxygen atoms in total. The lowest BCUT2D eigenvalue weighted by atomic mass is 10.1. The van der Waals surface area contributed by atoms with Gasteiger partial charge in [0.1, 0.15) is 0 Å². The Morgan fingerprint density at radius 2 is 1.96 bits per heavy atom. The molecule has 1 aliphatic heterocycles. The van der Waals surface area contributed by atoms with Crippen molar-refractivity contribution in [3.8, 4) is 0 Å². The van der Waals surface area contributed by atoms with Crippen LogP contribution >= 0.6 is 0 Å². The van der Waals surface area contributed by atoms with Gasteiger partial charge in [-0.15, -0.1) is 0 Å². The summed E-state index contributed by atoms with van der Waals surface area (Å²) in [6.07, 6.45) is 0.155. The summed E-state index contributed by atoms with van der Waals surface area (Å²) in [5.41, 5.74) is 1.19. The molecule has 4 atom stereocenters. The lowest BCUT2D eigenvalue weighted by Crippen LogP contribution is -2.43. The first-order chi connectivity index (χ1) is 11.0. The van der Waals surface area contributed by atoms with E-state index < -0.39 is 12.1 Å². The van der Waals surface area contributed by atoms with Crippen molar-refractivity contribution in [2.45, 2.75) is 24.5 Å². The van der Waals surface area contributed by atoms with Crippen molar-refractivity contribution in [1.29, 1.82) is 0 Å². The van der Waals surface area contributed by atoms with Crippen LogP contribution in [0, 0.1) is 5.92 Å². The van der Waals surface area contributed by atoms with Gasteiger partial charge in [-0.25, -0.2) is 0 Å². The van der Waals surface area contributed by atoms with Crippen molar-refractivity contribution in [3.63, 3.8) is 0 Å². The maximum Gasteiger partial charge on any atom is 0.317 e. The number of carboxylic acid groups (broad SMARTS) is 1. The monoisotopic (exact) mass is 318 g/mol. The Kier molecular flexibility index (Phi) is 4.37. The van der Waals surface area contributed by atoms with E-state index in [9.17, 15) is 14.7 Å². The third-order valence-electron chi connectivity index (χ3n) is 4.86. The Morgan fingerprint density at radius 1 is 1.26 bits per heavy atom. The highest BCUT2D eigenvalue weighted by molar-refractivity contribution is 5.83. The van der Waals surface area contributed by atoms with E-state index >= 15 is 0 Å². The number of nitrogens with zero attached hydrogens (tertiary/aromatic N) is 2. The van der Waals surface area contributed by atoms with Crippen molar-refractivity contribution in [1.82, 2.24) is 9.80 Å². The van der Waals surface area contributed by atoms with Crippen molar-refractivity contribution in [3.05, 3.63) is 35.9 Å². The molecule has 1 amide bonds. The minimum absolute atomic E-state index is 0.00636.